The van der Waals surface area contributed by atoms with E-state index in [1.54, 1.807) is 0 Å². The fraction of sp³-hybridized carbons (Fsp3) is 1.00. The molecule has 0 radical (unpaired) electrons. The molecule has 1 aliphatic heterocycles. The zero-order valence-corrected chi connectivity index (χ0v) is 10.9. The van der Waals surface area contributed by atoms with E-state index in [1.165, 1.54) is 32.2 Å². The van der Waals surface area contributed by atoms with E-state index in [0.29, 0.717) is 0 Å². The Labute approximate surface area is 95.2 Å². The van der Waals surface area contributed by atoms with Crippen molar-refractivity contribution >= 4 is 0 Å². The lowest BCUT2D eigenvalue weighted by molar-refractivity contribution is 0.0712. The number of rotatable bonds is 5. The molecular weight excluding hydrogens is 184 g/mol. The molecule has 1 rings (SSSR count). The van der Waals surface area contributed by atoms with Crippen LogP contribution in [0.1, 0.15) is 53.4 Å². The molecule has 0 bridgehead atoms. The predicted octanol–water partition coefficient (Wildman–Crippen LogP) is 2.62. The van der Waals surface area contributed by atoms with Gasteiger partial charge in [0.15, 0.2) is 0 Å². The molecule has 0 aromatic rings. The molecule has 2 N–H and O–H groups in total. The van der Waals surface area contributed by atoms with E-state index in [0.717, 1.165) is 18.5 Å². The highest BCUT2D eigenvalue weighted by atomic mass is 15.3. The third-order valence-electron chi connectivity index (χ3n) is 4.15. The largest absolute Gasteiger partial charge is 0.329 e. The van der Waals surface area contributed by atoms with Crippen molar-refractivity contribution in [2.24, 2.45) is 11.7 Å². The summed E-state index contributed by atoms with van der Waals surface area (Å²) in [5, 5.41) is 0. The van der Waals surface area contributed by atoms with Crippen LogP contribution in [0, 0.1) is 5.92 Å². The minimum Gasteiger partial charge on any atom is -0.329 e. The number of nitrogens with zero attached hydrogens (tertiary/aromatic N) is 1. The SMILES string of the molecule is CCCC(CC)(CN)N1CC(C)CC1C. The van der Waals surface area contributed by atoms with Crippen LogP contribution in [0.5, 0.6) is 0 Å². The highest BCUT2D eigenvalue weighted by molar-refractivity contribution is 4.96. The summed E-state index contributed by atoms with van der Waals surface area (Å²) in [6, 6.07) is 0.718. The topological polar surface area (TPSA) is 29.3 Å². The van der Waals surface area contributed by atoms with Gasteiger partial charge in [0.25, 0.3) is 0 Å². The Morgan fingerprint density at radius 2 is 2.00 bits per heavy atom. The van der Waals surface area contributed by atoms with Gasteiger partial charge in [-0.3, -0.25) is 4.90 Å². The van der Waals surface area contributed by atoms with Crippen LogP contribution in [0.2, 0.25) is 0 Å². The summed E-state index contributed by atoms with van der Waals surface area (Å²) in [6.45, 7) is 11.3. The van der Waals surface area contributed by atoms with Gasteiger partial charge in [-0.15, -0.1) is 0 Å². The molecule has 2 nitrogen and oxygen atoms in total. The molecule has 0 aliphatic carbocycles. The van der Waals surface area contributed by atoms with Crippen molar-refractivity contribution < 1.29 is 0 Å². The third kappa shape index (κ3) is 2.54. The van der Waals surface area contributed by atoms with Crippen LogP contribution in [0.15, 0.2) is 0 Å². The lowest BCUT2D eigenvalue weighted by atomic mass is 9.88. The van der Waals surface area contributed by atoms with Gasteiger partial charge in [-0.05, 0) is 32.1 Å². The third-order valence-corrected chi connectivity index (χ3v) is 4.15. The van der Waals surface area contributed by atoms with Crippen molar-refractivity contribution in [2.75, 3.05) is 13.1 Å². The van der Waals surface area contributed by atoms with Gasteiger partial charge in [0.2, 0.25) is 0 Å². The van der Waals surface area contributed by atoms with Crippen molar-refractivity contribution in [3.8, 4) is 0 Å². The standard InChI is InChI=1S/C13H28N2/c1-5-7-13(6-2,10-14)15-9-11(3)8-12(15)4/h11-12H,5-10,14H2,1-4H3. The molecule has 0 aromatic carbocycles. The highest BCUT2D eigenvalue weighted by Gasteiger charge is 2.40. The van der Waals surface area contributed by atoms with E-state index >= 15 is 0 Å². The molecule has 90 valence electrons. The number of likely N-dealkylation sites (tertiary alicyclic amines) is 1. The van der Waals surface area contributed by atoms with Crippen LogP contribution in [0.4, 0.5) is 0 Å². The first-order valence-corrected chi connectivity index (χ1v) is 6.56. The summed E-state index contributed by atoms with van der Waals surface area (Å²) in [5.41, 5.74) is 6.33. The van der Waals surface area contributed by atoms with Crippen LogP contribution in [-0.2, 0) is 0 Å². The van der Waals surface area contributed by atoms with E-state index < -0.39 is 0 Å². The van der Waals surface area contributed by atoms with Crippen LogP contribution in [0.3, 0.4) is 0 Å². The molecule has 3 atom stereocenters. The number of hydrogen-bond donors (Lipinski definition) is 1. The van der Waals surface area contributed by atoms with Gasteiger partial charge in [-0.1, -0.05) is 27.2 Å². The Bertz CT molecular complexity index is 187. The molecular formula is C13H28N2. The van der Waals surface area contributed by atoms with Crippen LogP contribution >= 0.6 is 0 Å². The van der Waals surface area contributed by atoms with Gasteiger partial charge in [0, 0.05) is 24.7 Å². The Morgan fingerprint density at radius 1 is 1.33 bits per heavy atom. The molecule has 1 fully saturated rings. The maximum atomic E-state index is 6.05. The van der Waals surface area contributed by atoms with Crippen molar-refractivity contribution in [2.45, 2.75) is 65.0 Å². The molecule has 2 heteroatoms. The summed E-state index contributed by atoms with van der Waals surface area (Å²) < 4.78 is 0. The molecule has 0 aromatic heterocycles. The molecule has 0 saturated carbocycles. The maximum absolute atomic E-state index is 6.05. The van der Waals surface area contributed by atoms with Crippen molar-refractivity contribution in [3.05, 3.63) is 0 Å². The van der Waals surface area contributed by atoms with Crippen molar-refractivity contribution in [1.82, 2.24) is 4.90 Å². The van der Waals surface area contributed by atoms with Gasteiger partial charge in [0.1, 0.15) is 0 Å². The van der Waals surface area contributed by atoms with Crippen LogP contribution in [0.25, 0.3) is 0 Å². The average Bonchev–Trinajstić information content (AvgIpc) is 2.55. The second kappa shape index (κ2) is 5.31. The second-order valence-electron chi connectivity index (χ2n) is 5.37. The molecule has 1 aliphatic rings. The van der Waals surface area contributed by atoms with Gasteiger partial charge in [0.05, 0.1) is 0 Å². The maximum Gasteiger partial charge on any atom is 0.0331 e. The van der Waals surface area contributed by atoms with Gasteiger partial charge >= 0.3 is 0 Å². The summed E-state index contributed by atoms with van der Waals surface area (Å²) in [4.78, 5) is 2.68. The quantitative estimate of drug-likeness (QED) is 0.759. The Morgan fingerprint density at radius 3 is 2.33 bits per heavy atom. The van der Waals surface area contributed by atoms with E-state index in [4.69, 9.17) is 5.73 Å². The van der Waals surface area contributed by atoms with Crippen LogP contribution in [-0.4, -0.2) is 29.6 Å². The Hall–Kier alpha value is -0.0800. The van der Waals surface area contributed by atoms with Crippen molar-refractivity contribution in [1.29, 1.82) is 0 Å². The lowest BCUT2D eigenvalue weighted by Gasteiger charge is -2.43. The Balaban J connectivity index is 2.78. The van der Waals surface area contributed by atoms with E-state index in [9.17, 15) is 0 Å². The Kier molecular flexibility index (Phi) is 4.60. The molecule has 3 unspecified atom stereocenters. The molecule has 0 spiro atoms. The van der Waals surface area contributed by atoms with Crippen molar-refractivity contribution in [3.63, 3.8) is 0 Å². The highest BCUT2D eigenvalue weighted by Crippen LogP contribution is 2.34. The second-order valence-corrected chi connectivity index (χ2v) is 5.37. The zero-order chi connectivity index (χ0) is 11.5. The van der Waals surface area contributed by atoms with E-state index in [2.05, 4.69) is 32.6 Å². The van der Waals surface area contributed by atoms with Gasteiger partial charge in [-0.25, -0.2) is 0 Å². The predicted molar refractivity (Wildman–Crippen MR) is 66.9 cm³/mol. The normalized spacial score (nSPS) is 31.8. The molecule has 15 heavy (non-hydrogen) atoms. The monoisotopic (exact) mass is 212 g/mol. The number of nitrogens with two attached hydrogens (primary N) is 1. The molecule has 1 saturated heterocycles. The van der Waals surface area contributed by atoms with E-state index in [1.807, 2.05) is 0 Å². The smallest absolute Gasteiger partial charge is 0.0331 e. The summed E-state index contributed by atoms with van der Waals surface area (Å²) in [7, 11) is 0. The number of hydrogen-bond acceptors (Lipinski definition) is 2. The summed E-state index contributed by atoms with van der Waals surface area (Å²) >= 11 is 0. The van der Waals surface area contributed by atoms with Crippen LogP contribution < -0.4 is 5.73 Å². The van der Waals surface area contributed by atoms with E-state index in [-0.39, 0.29) is 5.54 Å². The first-order chi connectivity index (χ1) is 7.09. The summed E-state index contributed by atoms with van der Waals surface area (Å²) in [6.07, 6.45) is 5.01. The lowest BCUT2D eigenvalue weighted by Crippen LogP contribution is -2.54. The first kappa shape index (κ1) is 13.0. The fourth-order valence-corrected chi connectivity index (χ4v) is 3.31. The fourth-order valence-electron chi connectivity index (χ4n) is 3.31. The summed E-state index contributed by atoms with van der Waals surface area (Å²) in [5.74, 6) is 0.842. The average molecular weight is 212 g/mol. The first-order valence-electron chi connectivity index (χ1n) is 6.56. The van der Waals surface area contributed by atoms with Gasteiger partial charge in [-0.2, -0.15) is 0 Å². The molecule has 0 amide bonds. The zero-order valence-electron chi connectivity index (χ0n) is 10.9. The minimum absolute atomic E-state index is 0.277. The van der Waals surface area contributed by atoms with Gasteiger partial charge < -0.3 is 5.73 Å². The minimum atomic E-state index is 0.277. The molecule has 1 heterocycles.